The van der Waals surface area contributed by atoms with Crippen molar-refractivity contribution in [2.24, 2.45) is 0 Å². The van der Waals surface area contributed by atoms with Crippen LogP contribution in [0.25, 0.3) is 21.3 Å². The molecule has 1 atom stereocenters. The molecule has 1 unspecified atom stereocenters. The molecule has 0 radical (unpaired) electrons. The van der Waals surface area contributed by atoms with Gasteiger partial charge in [0.05, 0.1) is 11.7 Å². The van der Waals surface area contributed by atoms with Gasteiger partial charge in [-0.1, -0.05) is 42.0 Å². The van der Waals surface area contributed by atoms with E-state index in [1.54, 1.807) is 6.92 Å². The average molecular weight is 418 g/mol. The fraction of sp³-hybridized carbons (Fsp3) is 0.208. The number of aryl methyl sites for hydroxylation is 3. The molecule has 0 saturated heterocycles. The van der Waals surface area contributed by atoms with Gasteiger partial charge in [0.2, 0.25) is 5.91 Å². The number of nitrogens with zero attached hydrogens (tertiary/aromatic N) is 2. The van der Waals surface area contributed by atoms with E-state index in [1.165, 1.54) is 27.8 Å². The summed E-state index contributed by atoms with van der Waals surface area (Å²) in [5.41, 5.74) is 5.66. The van der Waals surface area contributed by atoms with Gasteiger partial charge in [-0.05, 0) is 50.5 Å². The highest BCUT2D eigenvalue weighted by Gasteiger charge is 2.21. The van der Waals surface area contributed by atoms with Crippen molar-refractivity contribution in [3.05, 3.63) is 81.2 Å². The van der Waals surface area contributed by atoms with Crippen LogP contribution >= 0.6 is 11.3 Å². The Kier molecular flexibility index (Phi) is 5.26. The Morgan fingerprint density at radius 2 is 1.83 bits per heavy atom. The highest BCUT2D eigenvalue weighted by molar-refractivity contribution is 7.17. The van der Waals surface area contributed by atoms with E-state index in [-0.39, 0.29) is 11.5 Å². The zero-order valence-electron chi connectivity index (χ0n) is 17.4. The third kappa shape index (κ3) is 3.55. The summed E-state index contributed by atoms with van der Waals surface area (Å²) in [6.07, 6.45) is 1.47. The smallest absolute Gasteiger partial charge is 0.263 e. The summed E-state index contributed by atoms with van der Waals surface area (Å²) < 4.78 is 1.41. The minimum absolute atomic E-state index is 0.205. The van der Waals surface area contributed by atoms with Crippen LogP contribution in [0.5, 0.6) is 0 Å². The second-order valence-corrected chi connectivity index (χ2v) is 8.44. The molecule has 30 heavy (non-hydrogen) atoms. The monoisotopic (exact) mass is 417 g/mol. The molecule has 1 amide bonds. The molecular formula is C24H23N3O2S. The van der Waals surface area contributed by atoms with Crippen molar-refractivity contribution in [1.29, 1.82) is 0 Å². The number of aromatic nitrogens is 2. The van der Waals surface area contributed by atoms with Gasteiger partial charge in [0, 0.05) is 16.6 Å². The molecule has 2 heterocycles. The summed E-state index contributed by atoms with van der Waals surface area (Å²) >= 11 is 1.44. The number of amides is 1. The Labute approximate surface area is 179 Å². The largest absolute Gasteiger partial charge is 0.324 e. The van der Waals surface area contributed by atoms with Crippen molar-refractivity contribution < 1.29 is 4.79 Å². The molecule has 0 bridgehead atoms. The lowest BCUT2D eigenvalue weighted by Gasteiger charge is -2.16. The van der Waals surface area contributed by atoms with Crippen molar-refractivity contribution in [3.8, 4) is 11.1 Å². The molecule has 0 aliphatic carbocycles. The first kappa shape index (κ1) is 20.0. The van der Waals surface area contributed by atoms with Crippen LogP contribution in [0.2, 0.25) is 0 Å². The molecule has 2 aromatic carbocycles. The summed E-state index contributed by atoms with van der Waals surface area (Å²) in [5.74, 6) is -0.254. The molecule has 0 spiro atoms. The maximum absolute atomic E-state index is 13.4. The van der Waals surface area contributed by atoms with Crippen LogP contribution in [-0.2, 0) is 4.79 Å². The Bertz CT molecular complexity index is 1320. The number of thiophene rings is 1. The average Bonchev–Trinajstić information content (AvgIpc) is 3.14. The van der Waals surface area contributed by atoms with Crippen molar-refractivity contribution in [2.45, 2.75) is 33.7 Å². The van der Waals surface area contributed by atoms with Gasteiger partial charge in [0.1, 0.15) is 10.9 Å². The fourth-order valence-corrected chi connectivity index (χ4v) is 4.51. The molecular weight excluding hydrogens is 394 g/mol. The molecule has 0 aliphatic rings. The second kappa shape index (κ2) is 7.88. The second-order valence-electron chi connectivity index (χ2n) is 7.59. The van der Waals surface area contributed by atoms with Gasteiger partial charge in [-0.25, -0.2) is 4.98 Å². The van der Waals surface area contributed by atoms with Gasteiger partial charge in [-0.3, -0.25) is 14.2 Å². The van der Waals surface area contributed by atoms with E-state index in [9.17, 15) is 9.59 Å². The minimum atomic E-state index is -0.694. The van der Waals surface area contributed by atoms with E-state index in [1.807, 2.05) is 62.5 Å². The zero-order chi connectivity index (χ0) is 21.4. The fourth-order valence-electron chi connectivity index (χ4n) is 3.61. The molecule has 0 fully saturated rings. The molecule has 0 saturated carbocycles. The number of rotatable bonds is 4. The summed E-state index contributed by atoms with van der Waals surface area (Å²) in [6.45, 7) is 7.73. The molecule has 1 N–H and O–H groups in total. The number of fused-ring (bicyclic) bond motifs is 1. The third-order valence-corrected chi connectivity index (χ3v) is 6.28. The highest BCUT2D eigenvalue weighted by Crippen LogP contribution is 2.33. The molecule has 4 aromatic rings. The molecule has 4 rings (SSSR count). The van der Waals surface area contributed by atoms with E-state index in [4.69, 9.17) is 0 Å². The van der Waals surface area contributed by atoms with Crippen LogP contribution in [0.3, 0.4) is 0 Å². The number of carbonyl (C=O) groups excluding carboxylic acids is 1. The van der Waals surface area contributed by atoms with Gasteiger partial charge in [0.15, 0.2) is 0 Å². The Morgan fingerprint density at radius 3 is 2.57 bits per heavy atom. The SMILES string of the molecule is Cc1ccc(-c2csc3ncn(C(C)C(=O)Nc4ccccc4C)c(=O)c23)c(C)c1. The van der Waals surface area contributed by atoms with Crippen LogP contribution in [-0.4, -0.2) is 15.5 Å². The van der Waals surface area contributed by atoms with Crippen molar-refractivity contribution in [3.63, 3.8) is 0 Å². The first-order valence-corrected chi connectivity index (χ1v) is 10.7. The first-order valence-electron chi connectivity index (χ1n) is 9.79. The number of nitrogens with one attached hydrogen (secondary N) is 1. The van der Waals surface area contributed by atoms with Crippen LogP contribution in [0.15, 0.2) is 59.0 Å². The van der Waals surface area contributed by atoms with E-state index >= 15 is 0 Å². The summed E-state index contributed by atoms with van der Waals surface area (Å²) in [6, 6.07) is 13.1. The van der Waals surface area contributed by atoms with E-state index in [0.717, 1.165) is 27.9 Å². The van der Waals surface area contributed by atoms with Crippen LogP contribution in [0, 0.1) is 20.8 Å². The maximum atomic E-state index is 13.4. The van der Waals surface area contributed by atoms with Crippen LogP contribution in [0.1, 0.15) is 29.7 Å². The molecule has 2 aromatic heterocycles. The topological polar surface area (TPSA) is 64.0 Å². The standard InChI is InChI=1S/C24H23N3O2S/c1-14-9-10-18(16(3)11-14)19-12-30-23-21(19)24(29)27(13-25-23)17(4)22(28)26-20-8-6-5-7-15(20)2/h5-13,17H,1-4H3,(H,26,28). The first-order chi connectivity index (χ1) is 14.4. The van der Waals surface area contributed by atoms with Crippen molar-refractivity contribution in [2.75, 3.05) is 5.32 Å². The van der Waals surface area contributed by atoms with Gasteiger partial charge in [0.25, 0.3) is 5.56 Å². The van der Waals surface area contributed by atoms with Gasteiger partial charge >= 0.3 is 0 Å². The van der Waals surface area contributed by atoms with Crippen molar-refractivity contribution in [1.82, 2.24) is 9.55 Å². The lowest BCUT2D eigenvalue weighted by Crippen LogP contribution is -2.31. The number of anilines is 1. The van der Waals surface area contributed by atoms with E-state index < -0.39 is 6.04 Å². The number of hydrogen-bond donors (Lipinski definition) is 1. The maximum Gasteiger partial charge on any atom is 0.263 e. The number of hydrogen-bond acceptors (Lipinski definition) is 4. The normalized spacial score (nSPS) is 12.1. The molecule has 6 heteroatoms. The number of carbonyl (C=O) groups is 1. The molecule has 0 aliphatic heterocycles. The molecule has 152 valence electrons. The Hall–Kier alpha value is -3.25. The van der Waals surface area contributed by atoms with Gasteiger partial charge in [-0.15, -0.1) is 11.3 Å². The summed E-state index contributed by atoms with van der Waals surface area (Å²) in [7, 11) is 0. The number of benzene rings is 2. The molecule has 5 nitrogen and oxygen atoms in total. The van der Waals surface area contributed by atoms with Gasteiger partial charge < -0.3 is 5.32 Å². The predicted octanol–water partition coefficient (Wildman–Crippen LogP) is 5.25. The zero-order valence-corrected chi connectivity index (χ0v) is 18.2. The summed E-state index contributed by atoms with van der Waals surface area (Å²) in [4.78, 5) is 31.4. The number of para-hydroxylation sites is 1. The predicted molar refractivity (Wildman–Crippen MR) is 123 cm³/mol. The minimum Gasteiger partial charge on any atom is -0.324 e. The lowest BCUT2D eigenvalue weighted by atomic mass is 9.99. The van der Waals surface area contributed by atoms with Crippen molar-refractivity contribution >= 4 is 33.1 Å². The quantitative estimate of drug-likeness (QED) is 0.493. The van der Waals surface area contributed by atoms with E-state index in [0.29, 0.717) is 10.2 Å². The Morgan fingerprint density at radius 1 is 1.07 bits per heavy atom. The lowest BCUT2D eigenvalue weighted by molar-refractivity contribution is -0.118. The van der Waals surface area contributed by atoms with Gasteiger partial charge in [-0.2, -0.15) is 0 Å². The highest BCUT2D eigenvalue weighted by atomic mass is 32.1. The van der Waals surface area contributed by atoms with Crippen LogP contribution < -0.4 is 10.9 Å². The van der Waals surface area contributed by atoms with E-state index in [2.05, 4.69) is 16.4 Å². The van der Waals surface area contributed by atoms with Crippen LogP contribution in [0.4, 0.5) is 5.69 Å². The third-order valence-electron chi connectivity index (χ3n) is 5.39. The summed E-state index contributed by atoms with van der Waals surface area (Å²) in [5, 5.41) is 5.45. The Balaban J connectivity index is 1.75.